The summed E-state index contributed by atoms with van der Waals surface area (Å²) in [7, 11) is 0. The Hall–Kier alpha value is -2.49. The minimum Gasteiger partial charge on any atom is -0.456 e. The van der Waals surface area contributed by atoms with Gasteiger partial charge in [-0.25, -0.2) is 0 Å². The molecule has 4 unspecified atom stereocenters. The van der Waals surface area contributed by atoms with Crippen molar-refractivity contribution in [1.82, 2.24) is 5.32 Å². The lowest BCUT2D eigenvalue weighted by molar-refractivity contribution is -0.262. The van der Waals surface area contributed by atoms with Gasteiger partial charge in [-0.1, -0.05) is 18.2 Å². The largest absolute Gasteiger partial charge is 0.456 e. The molecular formula is C17H21NO8. The third-order valence-electron chi connectivity index (χ3n) is 3.78. The van der Waals surface area contributed by atoms with Gasteiger partial charge in [0.25, 0.3) is 5.91 Å². The summed E-state index contributed by atoms with van der Waals surface area (Å²) < 4.78 is 15.5. The van der Waals surface area contributed by atoms with Crippen LogP contribution in [0.3, 0.4) is 0 Å². The molecule has 26 heavy (non-hydrogen) atoms. The van der Waals surface area contributed by atoms with Crippen LogP contribution in [0.25, 0.3) is 0 Å². The van der Waals surface area contributed by atoms with E-state index in [0.717, 1.165) is 13.8 Å². The molecule has 0 saturated carbocycles. The molecule has 1 amide bonds. The Balaban J connectivity index is 2.28. The first-order chi connectivity index (χ1) is 12.3. The molecule has 0 aliphatic carbocycles. The Morgan fingerprint density at radius 2 is 1.65 bits per heavy atom. The summed E-state index contributed by atoms with van der Waals surface area (Å²) in [4.78, 5) is 35.3. The number of ether oxygens (including phenoxy) is 3. The maximum atomic E-state index is 12.4. The van der Waals surface area contributed by atoms with Gasteiger partial charge in [0.15, 0.2) is 18.5 Å². The van der Waals surface area contributed by atoms with Crippen molar-refractivity contribution in [3.8, 4) is 0 Å². The van der Waals surface area contributed by atoms with E-state index < -0.39 is 55.1 Å². The highest BCUT2D eigenvalue weighted by atomic mass is 16.7. The molecule has 1 aliphatic heterocycles. The summed E-state index contributed by atoms with van der Waals surface area (Å²) in [5.41, 5.74) is 0.314. The molecule has 1 saturated heterocycles. The normalized spacial score (nSPS) is 28.1. The monoisotopic (exact) mass is 367 g/mol. The topological polar surface area (TPSA) is 131 Å². The zero-order valence-electron chi connectivity index (χ0n) is 14.3. The molecule has 0 spiro atoms. The van der Waals surface area contributed by atoms with E-state index in [4.69, 9.17) is 14.2 Å². The molecule has 3 N–H and O–H groups in total. The molecule has 5 atom stereocenters. The average Bonchev–Trinajstić information content (AvgIpc) is 2.60. The molecule has 0 aromatic heterocycles. The number of hydrogen-bond acceptors (Lipinski definition) is 8. The number of amides is 1. The number of hydrogen-bond donors (Lipinski definition) is 3. The second-order valence-corrected chi connectivity index (χ2v) is 5.76. The van der Waals surface area contributed by atoms with Gasteiger partial charge in [0, 0.05) is 19.4 Å². The van der Waals surface area contributed by atoms with E-state index in [1.165, 1.54) is 0 Å². The van der Waals surface area contributed by atoms with Gasteiger partial charge >= 0.3 is 11.9 Å². The maximum Gasteiger partial charge on any atom is 0.303 e. The number of aliphatic hydroxyl groups is 2. The second-order valence-electron chi connectivity index (χ2n) is 5.76. The summed E-state index contributed by atoms with van der Waals surface area (Å²) in [5.74, 6) is -1.95. The predicted molar refractivity (Wildman–Crippen MR) is 86.8 cm³/mol. The molecule has 9 heteroatoms. The lowest BCUT2D eigenvalue weighted by Gasteiger charge is -2.43. The highest BCUT2D eigenvalue weighted by Gasteiger charge is 2.49. The van der Waals surface area contributed by atoms with Gasteiger partial charge in [-0.3, -0.25) is 14.4 Å². The lowest BCUT2D eigenvalue weighted by Crippen LogP contribution is -2.66. The summed E-state index contributed by atoms with van der Waals surface area (Å²) in [6, 6.07) is 6.97. The Morgan fingerprint density at radius 3 is 2.19 bits per heavy atom. The zero-order valence-corrected chi connectivity index (χ0v) is 14.3. The van der Waals surface area contributed by atoms with Crippen molar-refractivity contribution < 1.29 is 38.8 Å². The fourth-order valence-corrected chi connectivity index (χ4v) is 2.71. The Labute approximate surface area is 149 Å². The van der Waals surface area contributed by atoms with Crippen molar-refractivity contribution >= 4 is 17.8 Å². The number of nitrogens with one attached hydrogen (secondary N) is 1. The maximum absolute atomic E-state index is 12.4. The van der Waals surface area contributed by atoms with E-state index in [-0.39, 0.29) is 0 Å². The number of rotatable bonds is 5. The molecule has 1 fully saturated rings. The van der Waals surface area contributed by atoms with E-state index in [9.17, 15) is 24.6 Å². The van der Waals surface area contributed by atoms with Gasteiger partial charge in [0.05, 0.1) is 6.61 Å². The van der Waals surface area contributed by atoms with Gasteiger partial charge in [0.1, 0.15) is 12.1 Å². The van der Waals surface area contributed by atoms with Crippen LogP contribution in [-0.2, 0) is 23.8 Å². The van der Waals surface area contributed by atoms with Crippen molar-refractivity contribution in [2.24, 2.45) is 0 Å². The minimum atomic E-state index is -1.59. The molecule has 2 rings (SSSR count). The standard InChI is InChI=1S/C17H21NO8/c1-9(20)24-14-12(8-19)26-17(23)13(15(14)25-10(2)21)18-16(22)11-6-4-3-5-7-11/h3-7,12-15,17,19,23H,8H2,1-2H3,(H,18,22)/t12?,13?,14?,15?,17-/m1/s1. The van der Waals surface area contributed by atoms with Crippen LogP contribution in [0.2, 0.25) is 0 Å². The van der Waals surface area contributed by atoms with E-state index in [1.807, 2.05) is 0 Å². The fourth-order valence-electron chi connectivity index (χ4n) is 2.71. The number of aliphatic hydroxyl groups excluding tert-OH is 2. The Bertz CT molecular complexity index is 649. The number of carbonyl (C=O) groups is 3. The van der Waals surface area contributed by atoms with Gasteiger partial charge in [-0.05, 0) is 12.1 Å². The van der Waals surface area contributed by atoms with E-state index in [0.29, 0.717) is 5.56 Å². The first-order valence-electron chi connectivity index (χ1n) is 7.98. The summed E-state index contributed by atoms with van der Waals surface area (Å²) in [6.07, 6.45) is -5.16. The van der Waals surface area contributed by atoms with Crippen LogP contribution in [0.5, 0.6) is 0 Å². The van der Waals surface area contributed by atoms with Gasteiger partial charge in [-0.15, -0.1) is 0 Å². The van der Waals surface area contributed by atoms with Gasteiger partial charge in [0.2, 0.25) is 0 Å². The highest BCUT2D eigenvalue weighted by molar-refractivity contribution is 5.94. The quantitative estimate of drug-likeness (QED) is 0.586. The molecule has 0 bridgehead atoms. The summed E-state index contributed by atoms with van der Waals surface area (Å²) in [6.45, 7) is 1.69. The molecule has 0 radical (unpaired) electrons. The smallest absolute Gasteiger partial charge is 0.303 e. The van der Waals surface area contributed by atoms with Crippen LogP contribution in [0.1, 0.15) is 24.2 Å². The molecular weight excluding hydrogens is 346 g/mol. The van der Waals surface area contributed by atoms with Crippen LogP contribution in [0.15, 0.2) is 30.3 Å². The van der Waals surface area contributed by atoms with Crippen LogP contribution in [-0.4, -0.2) is 65.3 Å². The first-order valence-corrected chi connectivity index (χ1v) is 7.98. The molecule has 1 aromatic rings. The van der Waals surface area contributed by atoms with Crippen LogP contribution in [0.4, 0.5) is 0 Å². The van der Waals surface area contributed by atoms with Crippen molar-refractivity contribution in [3.63, 3.8) is 0 Å². The summed E-state index contributed by atoms with van der Waals surface area (Å²) in [5, 5.41) is 22.2. The van der Waals surface area contributed by atoms with Gasteiger partial charge < -0.3 is 29.7 Å². The fraction of sp³-hybridized carbons (Fsp3) is 0.471. The SMILES string of the molecule is CC(=O)OC1C(CO)O[C@@H](O)C(NC(=O)c2ccccc2)C1OC(C)=O. The Kier molecular flexibility index (Phi) is 6.67. The van der Waals surface area contributed by atoms with Crippen LogP contribution >= 0.6 is 0 Å². The van der Waals surface area contributed by atoms with Crippen molar-refractivity contribution in [3.05, 3.63) is 35.9 Å². The van der Waals surface area contributed by atoms with Crippen molar-refractivity contribution in [1.29, 1.82) is 0 Å². The molecule has 1 heterocycles. The average molecular weight is 367 g/mol. The molecule has 1 aromatic carbocycles. The third-order valence-corrected chi connectivity index (χ3v) is 3.78. The Morgan fingerprint density at radius 1 is 1.08 bits per heavy atom. The second kappa shape index (κ2) is 8.75. The first kappa shape index (κ1) is 19.8. The number of benzene rings is 1. The van der Waals surface area contributed by atoms with Gasteiger partial charge in [-0.2, -0.15) is 0 Å². The van der Waals surface area contributed by atoms with E-state index in [2.05, 4.69) is 5.32 Å². The minimum absolute atomic E-state index is 0.314. The lowest BCUT2D eigenvalue weighted by atomic mass is 9.96. The van der Waals surface area contributed by atoms with Crippen LogP contribution < -0.4 is 5.32 Å². The predicted octanol–water partition coefficient (Wildman–Crippen LogP) is -0.642. The van der Waals surface area contributed by atoms with E-state index >= 15 is 0 Å². The van der Waals surface area contributed by atoms with Crippen LogP contribution in [0, 0.1) is 0 Å². The van der Waals surface area contributed by atoms with E-state index in [1.54, 1.807) is 30.3 Å². The molecule has 1 aliphatic rings. The zero-order chi connectivity index (χ0) is 19.3. The molecule has 9 nitrogen and oxygen atoms in total. The summed E-state index contributed by atoms with van der Waals surface area (Å²) >= 11 is 0. The number of carbonyl (C=O) groups excluding carboxylic acids is 3. The van der Waals surface area contributed by atoms with Crippen molar-refractivity contribution in [2.45, 2.75) is 44.5 Å². The number of esters is 2. The highest BCUT2D eigenvalue weighted by Crippen LogP contribution is 2.25. The molecule has 142 valence electrons. The third kappa shape index (κ3) is 4.78. The van der Waals surface area contributed by atoms with Crippen molar-refractivity contribution in [2.75, 3.05) is 6.61 Å².